The van der Waals surface area contributed by atoms with Gasteiger partial charge in [-0.2, -0.15) is 0 Å². The molecule has 2 aliphatic rings. The molecule has 0 aromatic heterocycles. The summed E-state index contributed by atoms with van der Waals surface area (Å²) in [6.45, 7) is 5.34. The lowest BCUT2D eigenvalue weighted by atomic mass is 10.1. The second-order valence-corrected chi connectivity index (χ2v) is 8.20. The smallest absolute Gasteiger partial charge is 0.228 e. The van der Waals surface area contributed by atoms with Gasteiger partial charge in [0.1, 0.15) is 0 Å². The molecule has 0 unspecified atom stereocenters. The second-order valence-electron chi connectivity index (χ2n) is 7.80. The Labute approximate surface area is 176 Å². The molecule has 152 valence electrons. The van der Waals surface area contributed by atoms with Gasteiger partial charge in [0.15, 0.2) is 0 Å². The van der Waals surface area contributed by atoms with Gasteiger partial charge in [0.05, 0.1) is 22.7 Å². The van der Waals surface area contributed by atoms with E-state index in [0.717, 1.165) is 29.4 Å². The first-order valence-corrected chi connectivity index (χ1v) is 10.5. The summed E-state index contributed by atoms with van der Waals surface area (Å²) in [7, 11) is 0. The molecule has 2 saturated heterocycles. The molecule has 2 aromatic rings. The quantitative estimate of drug-likeness (QED) is 0.772. The molecule has 2 aliphatic heterocycles. The summed E-state index contributed by atoms with van der Waals surface area (Å²) in [4.78, 5) is 31.6. The molecule has 5 nitrogen and oxygen atoms in total. The van der Waals surface area contributed by atoms with Crippen LogP contribution in [0, 0.1) is 5.92 Å². The lowest BCUT2D eigenvalue weighted by Gasteiger charge is -2.37. The fourth-order valence-electron chi connectivity index (χ4n) is 4.32. The highest BCUT2D eigenvalue weighted by atomic mass is 35.5. The number of hydrogen-bond acceptors (Lipinski definition) is 3. The minimum atomic E-state index is -0.250. The van der Waals surface area contributed by atoms with E-state index in [1.54, 1.807) is 0 Å². The van der Waals surface area contributed by atoms with E-state index < -0.39 is 0 Å². The molecule has 2 amide bonds. The molecule has 2 aromatic carbocycles. The number of benzene rings is 2. The number of likely N-dealkylation sites (tertiary alicyclic amines) is 1. The Balaban J connectivity index is 1.36. The van der Waals surface area contributed by atoms with Crippen LogP contribution in [-0.2, 0) is 9.59 Å². The number of nitrogens with zero attached hydrogens (tertiary/aromatic N) is 3. The van der Waals surface area contributed by atoms with Crippen molar-refractivity contribution in [1.29, 1.82) is 0 Å². The molecule has 2 heterocycles. The number of carbonyl (C=O) groups is 2. The van der Waals surface area contributed by atoms with Crippen molar-refractivity contribution in [2.45, 2.75) is 19.4 Å². The summed E-state index contributed by atoms with van der Waals surface area (Å²) in [5.41, 5.74) is 2.11. The fraction of sp³-hybridized carbons (Fsp3) is 0.391. The largest absolute Gasteiger partial charge is 0.367 e. The van der Waals surface area contributed by atoms with Crippen molar-refractivity contribution in [2.24, 2.45) is 5.92 Å². The van der Waals surface area contributed by atoms with E-state index in [0.29, 0.717) is 26.1 Å². The summed E-state index contributed by atoms with van der Waals surface area (Å²) in [6, 6.07) is 17.8. The second kappa shape index (κ2) is 8.46. The molecule has 2 fully saturated rings. The van der Waals surface area contributed by atoms with Crippen LogP contribution in [0.2, 0.25) is 5.02 Å². The van der Waals surface area contributed by atoms with Gasteiger partial charge in [-0.3, -0.25) is 9.59 Å². The summed E-state index contributed by atoms with van der Waals surface area (Å²) in [5, 5.41) is 0.735. The maximum absolute atomic E-state index is 13.1. The van der Waals surface area contributed by atoms with Gasteiger partial charge in [-0.15, -0.1) is 0 Å². The van der Waals surface area contributed by atoms with Gasteiger partial charge < -0.3 is 14.7 Å². The molecule has 29 heavy (non-hydrogen) atoms. The summed E-state index contributed by atoms with van der Waals surface area (Å²) >= 11 is 6.31. The van der Waals surface area contributed by atoms with Crippen LogP contribution in [-0.4, -0.2) is 54.3 Å². The molecule has 0 aliphatic carbocycles. The van der Waals surface area contributed by atoms with Gasteiger partial charge in [0.2, 0.25) is 11.8 Å². The van der Waals surface area contributed by atoms with Crippen molar-refractivity contribution in [2.75, 3.05) is 37.6 Å². The van der Waals surface area contributed by atoms with E-state index >= 15 is 0 Å². The number of para-hydroxylation sites is 1. The van der Waals surface area contributed by atoms with Crippen LogP contribution in [0.3, 0.4) is 0 Å². The van der Waals surface area contributed by atoms with Crippen LogP contribution in [0.1, 0.15) is 24.9 Å². The van der Waals surface area contributed by atoms with E-state index in [1.165, 1.54) is 0 Å². The molecular weight excluding hydrogens is 386 g/mol. The Kier molecular flexibility index (Phi) is 5.76. The Morgan fingerprint density at radius 3 is 2.34 bits per heavy atom. The monoisotopic (exact) mass is 411 g/mol. The van der Waals surface area contributed by atoms with Crippen molar-refractivity contribution in [3.05, 3.63) is 65.2 Å². The van der Waals surface area contributed by atoms with Crippen molar-refractivity contribution in [3.8, 4) is 0 Å². The topological polar surface area (TPSA) is 43.9 Å². The van der Waals surface area contributed by atoms with Gasteiger partial charge >= 0.3 is 0 Å². The van der Waals surface area contributed by atoms with Crippen molar-refractivity contribution in [3.63, 3.8) is 0 Å². The third kappa shape index (κ3) is 4.10. The molecule has 0 bridgehead atoms. The number of carbonyl (C=O) groups excluding carboxylic acids is 2. The van der Waals surface area contributed by atoms with Gasteiger partial charge in [-0.1, -0.05) is 54.1 Å². The van der Waals surface area contributed by atoms with Gasteiger partial charge in [0.25, 0.3) is 0 Å². The van der Waals surface area contributed by atoms with E-state index in [4.69, 9.17) is 11.6 Å². The summed E-state index contributed by atoms with van der Waals surface area (Å²) in [6.07, 6.45) is 0.306. The minimum Gasteiger partial charge on any atom is -0.367 e. The third-order valence-corrected chi connectivity index (χ3v) is 6.36. The van der Waals surface area contributed by atoms with Gasteiger partial charge in [-0.05, 0) is 24.6 Å². The molecule has 0 spiro atoms. The average molecular weight is 412 g/mol. The zero-order valence-electron chi connectivity index (χ0n) is 16.6. The highest BCUT2D eigenvalue weighted by Gasteiger charge is 2.39. The van der Waals surface area contributed by atoms with Crippen molar-refractivity contribution in [1.82, 2.24) is 9.80 Å². The normalized spacial score (nSPS) is 20.8. The molecule has 0 saturated carbocycles. The molecule has 6 heteroatoms. The molecule has 4 rings (SSSR count). The Morgan fingerprint density at radius 1 is 1.00 bits per heavy atom. The maximum atomic E-state index is 13.1. The zero-order chi connectivity index (χ0) is 20.4. The number of rotatable bonds is 4. The van der Waals surface area contributed by atoms with E-state index in [1.807, 2.05) is 71.3 Å². The number of halogens is 1. The Morgan fingerprint density at radius 2 is 1.66 bits per heavy atom. The van der Waals surface area contributed by atoms with E-state index in [2.05, 4.69) is 4.90 Å². The lowest BCUT2D eigenvalue weighted by Crippen LogP contribution is -2.50. The van der Waals surface area contributed by atoms with Crippen LogP contribution in [0.5, 0.6) is 0 Å². The van der Waals surface area contributed by atoms with E-state index in [-0.39, 0.29) is 23.8 Å². The van der Waals surface area contributed by atoms with Crippen molar-refractivity contribution < 1.29 is 9.59 Å². The van der Waals surface area contributed by atoms with Gasteiger partial charge in [0, 0.05) is 39.1 Å². The average Bonchev–Trinajstić information content (AvgIpc) is 3.15. The molecule has 2 atom stereocenters. The highest BCUT2D eigenvalue weighted by Crippen LogP contribution is 2.30. The summed E-state index contributed by atoms with van der Waals surface area (Å²) < 4.78 is 0. The van der Waals surface area contributed by atoms with Gasteiger partial charge in [-0.25, -0.2) is 0 Å². The molecule has 0 N–H and O–H groups in total. The van der Waals surface area contributed by atoms with E-state index in [9.17, 15) is 9.59 Å². The van der Waals surface area contributed by atoms with Crippen LogP contribution < -0.4 is 4.90 Å². The third-order valence-electron chi connectivity index (χ3n) is 6.04. The maximum Gasteiger partial charge on any atom is 0.228 e. The van der Waals surface area contributed by atoms with Crippen LogP contribution in [0.4, 0.5) is 5.69 Å². The SMILES string of the molecule is C[C@H](c1ccccc1)N1C[C@@H](C(=O)N2CCN(c3ccccc3Cl)CC2)CC1=O. The predicted molar refractivity (Wildman–Crippen MR) is 115 cm³/mol. The predicted octanol–water partition coefficient (Wildman–Crippen LogP) is 3.60. The summed E-state index contributed by atoms with van der Waals surface area (Å²) in [5.74, 6) is -0.0881. The first-order valence-electron chi connectivity index (χ1n) is 10.2. The first-order chi connectivity index (χ1) is 14.0. The molecular formula is C23H26ClN3O2. The van der Waals surface area contributed by atoms with Crippen LogP contribution in [0.25, 0.3) is 0 Å². The first kappa shape index (κ1) is 19.8. The fourth-order valence-corrected chi connectivity index (χ4v) is 4.57. The van der Waals surface area contributed by atoms with Crippen molar-refractivity contribution >= 4 is 29.1 Å². The Bertz CT molecular complexity index is 881. The number of anilines is 1. The minimum absolute atomic E-state index is 0.0152. The standard InChI is InChI=1S/C23H26ClN3O2/c1-17(18-7-3-2-4-8-18)27-16-19(15-22(27)28)23(29)26-13-11-25(12-14-26)21-10-6-5-9-20(21)24/h2-10,17,19H,11-16H2,1H3/t17-,19+/m1/s1. The zero-order valence-corrected chi connectivity index (χ0v) is 17.4. The number of piperazine rings is 1. The number of hydrogen-bond donors (Lipinski definition) is 0. The van der Waals surface area contributed by atoms with Crippen LogP contribution in [0.15, 0.2) is 54.6 Å². The highest BCUT2D eigenvalue weighted by molar-refractivity contribution is 6.33. The lowest BCUT2D eigenvalue weighted by molar-refractivity contribution is -0.136. The van der Waals surface area contributed by atoms with Crippen LogP contribution >= 0.6 is 11.6 Å². The molecule has 0 radical (unpaired) electrons. The number of amides is 2. The Hall–Kier alpha value is -2.53.